The van der Waals surface area contributed by atoms with Crippen LogP contribution in [0.1, 0.15) is 63.9 Å². The third kappa shape index (κ3) is 4.38. The van der Waals surface area contributed by atoms with Crippen LogP contribution in [0.25, 0.3) is 0 Å². The zero-order valence-electron chi connectivity index (χ0n) is 16.4. The van der Waals surface area contributed by atoms with Crippen molar-refractivity contribution in [1.29, 1.82) is 0 Å². The number of carbonyl (C=O) groups is 2. The summed E-state index contributed by atoms with van der Waals surface area (Å²) in [5.41, 5.74) is 4.10. The molecule has 27 heavy (non-hydrogen) atoms. The Morgan fingerprint density at radius 3 is 2.30 bits per heavy atom. The van der Waals surface area contributed by atoms with E-state index in [4.69, 9.17) is 0 Å². The molecule has 2 amide bonds. The summed E-state index contributed by atoms with van der Waals surface area (Å²) in [6, 6.07) is 13.2. The molecule has 2 aromatic rings. The van der Waals surface area contributed by atoms with E-state index in [1.165, 1.54) is 19.3 Å². The molecule has 0 saturated heterocycles. The second-order valence-corrected chi connectivity index (χ2v) is 7.49. The highest BCUT2D eigenvalue weighted by atomic mass is 16.2. The van der Waals surface area contributed by atoms with E-state index in [1.807, 2.05) is 44.0 Å². The summed E-state index contributed by atoms with van der Waals surface area (Å²) in [5, 5.41) is 2.92. The number of benzene rings is 2. The molecule has 142 valence electrons. The first-order valence-electron chi connectivity index (χ1n) is 9.72. The molecule has 0 atom stereocenters. The van der Waals surface area contributed by atoms with Crippen molar-refractivity contribution in [2.24, 2.45) is 0 Å². The predicted molar refractivity (Wildman–Crippen MR) is 109 cm³/mol. The Labute approximate surface area is 161 Å². The van der Waals surface area contributed by atoms with Crippen LogP contribution in [0.5, 0.6) is 0 Å². The maximum atomic E-state index is 12.7. The molecule has 1 saturated carbocycles. The molecule has 1 aliphatic carbocycles. The lowest BCUT2D eigenvalue weighted by atomic mass is 9.94. The largest absolute Gasteiger partial charge is 0.339 e. The standard InChI is InChI=1S/C23H28N2O2/c1-16-8-7-11-21(17(16)2)22(26)24-19-14-12-18(13-15-19)23(27)25(3)20-9-5-4-6-10-20/h7-8,11-15,20H,4-6,9-10H2,1-3H3,(H,24,26). The van der Waals surface area contributed by atoms with Gasteiger partial charge in [0.2, 0.25) is 0 Å². The van der Waals surface area contributed by atoms with Crippen LogP contribution in [0.4, 0.5) is 5.69 Å². The van der Waals surface area contributed by atoms with Crippen LogP contribution >= 0.6 is 0 Å². The van der Waals surface area contributed by atoms with E-state index in [2.05, 4.69) is 5.32 Å². The van der Waals surface area contributed by atoms with Crippen LogP contribution in [-0.4, -0.2) is 29.8 Å². The van der Waals surface area contributed by atoms with Gasteiger partial charge in [-0.05, 0) is 68.1 Å². The maximum Gasteiger partial charge on any atom is 0.255 e. The van der Waals surface area contributed by atoms with Crippen LogP contribution in [-0.2, 0) is 0 Å². The van der Waals surface area contributed by atoms with Crippen LogP contribution in [0.2, 0.25) is 0 Å². The van der Waals surface area contributed by atoms with Gasteiger partial charge < -0.3 is 10.2 Å². The number of aryl methyl sites for hydroxylation is 1. The second kappa shape index (κ2) is 8.38. The van der Waals surface area contributed by atoms with Crippen molar-refractivity contribution in [2.45, 2.75) is 52.0 Å². The number of nitrogens with zero attached hydrogens (tertiary/aromatic N) is 1. The summed E-state index contributed by atoms with van der Waals surface area (Å²) in [7, 11) is 1.90. The molecule has 0 aromatic heterocycles. The van der Waals surface area contributed by atoms with Gasteiger partial charge in [0.05, 0.1) is 0 Å². The Bertz CT molecular complexity index is 821. The van der Waals surface area contributed by atoms with Crippen molar-refractivity contribution in [3.8, 4) is 0 Å². The van der Waals surface area contributed by atoms with Gasteiger partial charge >= 0.3 is 0 Å². The van der Waals surface area contributed by atoms with Crippen molar-refractivity contribution in [3.05, 3.63) is 64.7 Å². The van der Waals surface area contributed by atoms with Crippen LogP contribution in [0.3, 0.4) is 0 Å². The molecule has 0 spiro atoms. The van der Waals surface area contributed by atoms with Gasteiger partial charge in [-0.3, -0.25) is 9.59 Å². The Morgan fingerprint density at radius 1 is 0.963 bits per heavy atom. The number of carbonyl (C=O) groups excluding carboxylic acids is 2. The van der Waals surface area contributed by atoms with Crippen molar-refractivity contribution < 1.29 is 9.59 Å². The monoisotopic (exact) mass is 364 g/mol. The fourth-order valence-electron chi connectivity index (χ4n) is 3.73. The summed E-state index contributed by atoms with van der Waals surface area (Å²) in [6.45, 7) is 3.95. The Balaban J connectivity index is 1.67. The molecule has 0 heterocycles. The zero-order chi connectivity index (χ0) is 19.4. The highest BCUT2D eigenvalue weighted by Gasteiger charge is 2.23. The minimum Gasteiger partial charge on any atom is -0.339 e. The number of hydrogen-bond acceptors (Lipinski definition) is 2. The summed E-state index contributed by atoms with van der Waals surface area (Å²) in [5.74, 6) is -0.0797. The van der Waals surface area contributed by atoms with E-state index in [-0.39, 0.29) is 11.8 Å². The Morgan fingerprint density at radius 2 is 1.63 bits per heavy atom. The van der Waals surface area contributed by atoms with Crippen molar-refractivity contribution in [2.75, 3.05) is 12.4 Å². The minimum atomic E-state index is -0.130. The van der Waals surface area contributed by atoms with Crippen molar-refractivity contribution >= 4 is 17.5 Å². The van der Waals surface area contributed by atoms with E-state index < -0.39 is 0 Å². The number of anilines is 1. The molecule has 0 radical (unpaired) electrons. The third-order valence-electron chi connectivity index (χ3n) is 5.68. The molecule has 3 rings (SSSR count). The molecule has 4 nitrogen and oxygen atoms in total. The lowest BCUT2D eigenvalue weighted by Gasteiger charge is -2.31. The number of rotatable bonds is 4. The highest BCUT2D eigenvalue weighted by Crippen LogP contribution is 2.23. The summed E-state index contributed by atoms with van der Waals surface area (Å²) in [6.07, 6.45) is 5.85. The molecule has 0 aliphatic heterocycles. The molecule has 1 fully saturated rings. The van der Waals surface area contributed by atoms with E-state index in [0.717, 1.165) is 24.0 Å². The molecule has 4 heteroatoms. The SMILES string of the molecule is Cc1cccc(C(=O)Nc2ccc(C(=O)N(C)C3CCCCC3)cc2)c1C. The third-order valence-corrected chi connectivity index (χ3v) is 5.68. The summed E-state index contributed by atoms with van der Waals surface area (Å²) in [4.78, 5) is 27.1. The molecule has 2 aromatic carbocycles. The smallest absolute Gasteiger partial charge is 0.255 e. The van der Waals surface area contributed by atoms with Crippen LogP contribution < -0.4 is 5.32 Å². The summed E-state index contributed by atoms with van der Waals surface area (Å²) < 4.78 is 0. The van der Waals surface area contributed by atoms with Gasteiger partial charge in [-0.2, -0.15) is 0 Å². The molecular formula is C23H28N2O2. The quantitative estimate of drug-likeness (QED) is 0.833. The Hall–Kier alpha value is -2.62. The van der Waals surface area contributed by atoms with Gasteiger partial charge in [-0.1, -0.05) is 31.4 Å². The lowest BCUT2D eigenvalue weighted by molar-refractivity contribution is 0.0696. The van der Waals surface area contributed by atoms with Gasteiger partial charge in [0.1, 0.15) is 0 Å². The van der Waals surface area contributed by atoms with Crippen molar-refractivity contribution in [3.63, 3.8) is 0 Å². The van der Waals surface area contributed by atoms with Gasteiger partial charge in [-0.15, -0.1) is 0 Å². The summed E-state index contributed by atoms with van der Waals surface area (Å²) >= 11 is 0. The molecule has 1 N–H and O–H groups in total. The lowest BCUT2D eigenvalue weighted by Crippen LogP contribution is -2.38. The zero-order valence-corrected chi connectivity index (χ0v) is 16.4. The number of amides is 2. The first-order valence-corrected chi connectivity index (χ1v) is 9.72. The second-order valence-electron chi connectivity index (χ2n) is 7.49. The van der Waals surface area contributed by atoms with Gasteiger partial charge in [-0.25, -0.2) is 0 Å². The topological polar surface area (TPSA) is 49.4 Å². The molecule has 0 bridgehead atoms. The van der Waals surface area contributed by atoms with Gasteiger partial charge in [0, 0.05) is 29.9 Å². The van der Waals surface area contributed by atoms with Crippen LogP contribution in [0.15, 0.2) is 42.5 Å². The highest BCUT2D eigenvalue weighted by molar-refractivity contribution is 6.05. The fraction of sp³-hybridized carbons (Fsp3) is 0.391. The normalized spacial score (nSPS) is 14.6. The number of hydrogen-bond donors (Lipinski definition) is 1. The molecule has 0 unspecified atom stereocenters. The number of nitrogens with one attached hydrogen (secondary N) is 1. The average molecular weight is 364 g/mol. The van der Waals surface area contributed by atoms with E-state index in [9.17, 15) is 9.59 Å². The molecular weight excluding hydrogens is 336 g/mol. The van der Waals surface area contributed by atoms with Gasteiger partial charge in [0.15, 0.2) is 0 Å². The average Bonchev–Trinajstić information content (AvgIpc) is 2.70. The first-order chi connectivity index (χ1) is 13.0. The minimum absolute atomic E-state index is 0.0503. The molecule has 1 aliphatic rings. The van der Waals surface area contributed by atoms with E-state index in [0.29, 0.717) is 22.9 Å². The maximum absolute atomic E-state index is 12.7. The van der Waals surface area contributed by atoms with Crippen molar-refractivity contribution in [1.82, 2.24) is 4.90 Å². The van der Waals surface area contributed by atoms with Gasteiger partial charge in [0.25, 0.3) is 11.8 Å². The van der Waals surface area contributed by atoms with Crippen LogP contribution in [0, 0.1) is 13.8 Å². The van der Waals surface area contributed by atoms with E-state index in [1.54, 1.807) is 24.3 Å². The van der Waals surface area contributed by atoms with E-state index >= 15 is 0 Å². The Kier molecular flexibility index (Phi) is 5.94. The first kappa shape index (κ1) is 19.2. The fourth-order valence-corrected chi connectivity index (χ4v) is 3.73. The predicted octanol–water partition coefficient (Wildman–Crippen LogP) is 4.96.